The van der Waals surface area contributed by atoms with E-state index in [-0.39, 0.29) is 11.5 Å². The zero-order chi connectivity index (χ0) is 20.5. The van der Waals surface area contributed by atoms with Gasteiger partial charge >= 0.3 is 0 Å². The first-order valence-corrected chi connectivity index (χ1v) is 9.69. The van der Waals surface area contributed by atoms with Crippen LogP contribution >= 0.6 is 0 Å². The number of aryl methyl sites for hydroxylation is 1. The molecule has 6 nitrogen and oxygen atoms in total. The van der Waals surface area contributed by atoms with Crippen LogP contribution in [0.4, 0.5) is 0 Å². The highest BCUT2D eigenvalue weighted by Crippen LogP contribution is 2.19. The minimum absolute atomic E-state index is 0.0136. The van der Waals surface area contributed by atoms with E-state index in [1.165, 1.54) is 16.3 Å². The number of nitrogens with one attached hydrogen (secondary N) is 1. The topological polar surface area (TPSA) is 73.2 Å². The van der Waals surface area contributed by atoms with E-state index in [1.54, 1.807) is 13.2 Å². The van der Waals surface area contributed by atoms with Crippen LogP contribution in [0.2, 0.25) is 0 Å². The molecule has 3 rings (SSSR count). The van der Waals surface area contributed by atoms with Crippen LogP contribution in [-0.2, 0) is 17.8 Å². The lowest BCUT2D eigenvalue weighted by atomic mass is 10.1. The number of hydrogen-bond donors (Lipinski definition) is 1. The summed E-state index contributed by atoms with van der Waals surface area (Å²) in [6.45, 7) is 1.00. The SMILES string of the molecule is COc1ccc(-c2ccc(=O)n(CCCC(=O)NCCc3ccccc3)n2)cc1. The lowest BCUT2D eigenvalue weighted by molar-refractivity contribution is -0.121. The van der Waals surface area contributed by atoms with E-state index in [9.17, 15) is 9.59 Å². The number of methoxy groups -OCH3 is 1. The van der Waals surface area contributed by atoms with E-state index in [0.29, 0.717) is 31.6 Å². The van der Waals surface area contributed by atoms with Gasteiger partial charge in [-0.1, -0.05) is 30.3 Å². The fourth-order valence-corrected chi connectivity index (χ4v) is 2.99. The summed E-state index contributed by atoms with van der Waals surface area (Å²) < 4.78 is 6.58. The average Bonchev–Trinajstić information content (AvgIpc) is 2.76. The minimum atomic E-state index is -0.174. The Bertz CT molecular complexity index is 982. The Kier molecular flexibility index (Phi) is 7.16. The van der Waals surface area contributed by atoms with Crippen LogP contribution in [0.15, 0.2) is 71.5 Å². The maximum Gasteiger partial charge on any atom is 0.266 e. The zero-order valence-corrected chi connectivity index (χ0v) is 16.5. The van der Waals surface area contributed by atoms with Crippen LogP contribution in [0.5, 0.6) is 5.75 Å². The number of benzene rings is 2. The summed E-state index contributed by atoms with van der Waals surface area (Å²) in [7, 11) is 1.62. The molecule has 0 atom stereocenters. The third kappa shape index (κ3) is 6.04. The van der Waals surface area contributed by atoms with Gasteiger partial charge < -0.3 is 10.1 Å². The predicted octanol–water partition coefficient (Wildman–Crippen LogP) is 3.06. The van der Waals surface area contributed by atoms with Crippen LogP contribution in [-0.4, -0.2) is 29.3 Å². The molecule has 0 saturated carbocycles. The van der Waals surface area contributed by atoms with Crippen LogP contribution in [0.1, 0.15) is 18.4 Å². The highest BCUT2D eigenvalue weighted by atomic mass is 16.5. The first-order chi connectivity index (χ1) is 14.2. The Hall–Kier alpha value is -3.41. The van der Waals surface area contributed by atoms with Crippen molar-refractivity contribution in [1.82, 2.24) is 15.1 Å². The molecule has 0 saturated heterocycles. The van der Waals surface area contributed by atoms with Gasteiger partial charge in [0.15, 0.2) is 0 Å². The molecule has 0 spiro atoms. The molecule has 1 heterocycles. The van der Waals surface area contributed by atoms with Crippen molar-refractivity contribution in [3.05, 3.63) is 82.6 Å². The van der Waals surface area contributed by atoms with Crippen LogP contribution < -0.4 is 15.6 Å². The summed E-state index contributed by atoms with van der Waals surface area (Å²) in [6, 6.07) is 20.7. The van der Waals surface area contributed by atoms with Gasteiger partial charge in [-0.15, -0.1) is 0 Å². The van der Waals surface area contributed by atoms with Crippen LogP contribution in [0, 0.1) is 0 Å². The third-order valence-electron chi connectivity index (χ3n) is 4.60. The van der Waals surface area contributed by atoms with Gasteiger partial charge in [0.2, 0.25) is 5.91 Å². The van der Waals surface area contributed by atoms with Crippen molar-refractivity contribution < 1.29 is 9.53 Å². The molecular formula is C23H25N3O3. The molecule has 1 N–H and O–H groups in total. The summed E-state index contributed by atoms with van der Waals surface area (Å²) in [6.07, 6.45) is 1.71. The highest BCUT2D eigenvalue weighted by molar-refractivity contribution is 5.75. The molecule has 0 aliphatic heterocycles. The van der Waals surface area contributed by atoms with Crippen molar-refractivity contribution in [1.29, 1.82) is 0 Å². The number of carbonyl (C=O) groups excluding carboxylic acids is 1. The molecule has 2 aromatic carbocycles. The first-order valence-electron chi connectivity index (χ1n) is 9.69. The van der Waals surface area contributed by atoms with Gasteiger partial charge in [-0.3, -0.25) is 9.59 Å². The predicted molar refractivity (Wildman–Crippen MR) is 113 cm³/mol. The Balaban J connectivity index is 1.49. The van der Waals surface area contributed by atoms with Gasteiger partial charge in [0.05, 0.1) is 12.8 Å². The molecule has 1 amide bonds. The smallest absolute Gasteiger partial charge is 0.266 e. The van der Waals surface area contributed by atoms with E-state index in [2.05, 4.69) is 10.4 Å². The van der Waals surface area contributed by atoms with E-state index in [1.807, 2.05) is 54.6 Å². The first kappa shape index (κ1) is 20.3. The van der Waals surface area contributed by atoms with Gasteiger partial charge in [-0.25, -0.2) is 4.68 Å². The molecule has 6 heteroatoms. The molecule has 0 radical (unpaired) electrons. The van der Waals surface area contributed by atoms with E-state index in [4.69, 9.17) is 4.74 Å². The number of amides is 1. The molecule has 0 aliphatic rings. The Morgan fingerprint density at radius 1 is 1.03 bits per heavy atom. The monoisotopic (exact) mass is 391 g/mol. The molecule has 150 valence electrons. The maximum absolute atomic E-state index is 12.1. The van der Waals surface area contributed by atoms with Gasteiger partial charge in [0, 0.05) is 31.1 Å². The van der Waals surface area contributed by atoms with Crippen LogP contribution in [0.25, 0.3) is 11.3 Å². The van der Waals surface area contributed by atoms with Crippen LogP contribution in [0.3, 0.4) is 0 Å². The summed E-state index contributed by atoms with van der Waals surface area (Å²) in [5, 5.41) is 7.35. The van der Waals surface area contributed by atoms with Crippen molar-refractivity contribution >= 4 is 5.91 Å². The molecular weight excluding hydrogens is 366 g/mol. The Morgan fingerprint density at radius 2 is 1.79 bits per heavy atom. The summed E-state index contributed by atoms with van der Waals surface area (Å²) in [5.41, 5.74) is 2.63. The van der Waals surface area contributed by atoms with Gasteiger partial charge in [0.1, 0.15) is 5.75 Å². The molecule has 0 aliphatic carbocycles. The van der Waals surface area contributed by atoms with Crippen molar-refractivity contribution in [2.24, 2.45) is 0 Å². The number of ether oxygens (including phenoxy) is 1. The normalized spacial score (nSPS) is 10.5. The number of nitrogens with zero attached hydrogens (tertiary/aromatic N) is 2. The highest BCUT2D eigenvalue weighted by Gasteiger charge is 2.06. The summed E-state index contributed by atoms with van der Waals surface area (Å²) in [5.74, 6) is 0.751. The van der Waals surface area contributed by atoms with E-state index in [0.717, 1.165) is 17.7 Å². The molecule has 3 aromatic rings. The molecule has 0 bridgehead atoms. The molecule has 29 heavy (non-hydrogen) atoms. The largest absolute Gasteiger partial charge is 0.497 e. The Morgan fingerprint density at radius 3 is 2.52 bits per heavy atom. The summed E-state index contributed by atoms with van der Waals surface area (Å²) >= 11 is 0. The number of rotatable bonds is 9. The molecule has 0 fully saturated rings. The maximum atomic E-state index is 12.1. The number of aromatic nitrogens is 2. The average molecular weight is 391 g/mol. The van der Waals surface area contributed by atoms with Crippen molar-refractivity contribution in [2.75, 3.05) is 13.7 Å². The van der Waals surface area contributed by atoms with Crippen molar-refractivity contribution in [2.45, 2.75) is 25.8 Å². The Labute approximate surface area is 170 Å². The zero-order valence-electron chi connectivity index (χ0n) is 16.5. The van der Waals surface area contributed by atoms with Gasteiger partial charge in [-0.05, 0) is 48.7 Å². The van der Waals surface area contributed by atoms with Gasteiger partial charge in [0.25, 0.3) is 5.56 Å². The number of hydrogen-bond acceptors (Lipinski definition) is 4. The third-order valence-corrected chi connectivity index (χ3v) is 4.60. The summed E-state index contributed by atoms with van der Waals surface area (Å²) in [4.78, 5) is 24.1. The van der Waals surface area contributed by atoms with Crippen molar-refractivity contribution in [3.8, 4) is 17.0 Å². The second kappa shape index (κ2) is 10.2. The minimum Gasteiger partial charge on any atom is -0.497 e. The second-order valence-electron chi connectivity index (χ2n) is 6.70. The van der Waals surface area contributed by atoms with E-state index < -0.39 is 0 Å². The quantitative estimate of drug-likeness (QED) is 0.608. The second-order valence-corrected chi connectivity index (χ2v) is 6.70. The van der Waals surface area contributed by atoms with E-state index >= 15 is 0 Å². The van der Waals surface area contributed by atoms with Gasteiger partial charge in [-0.2, -0.15) is 5.10 Å². The standard InChI is InChI=1S/C23H25N3O3/c1-29-20-11-9-19(10-12-20)21-13-14-23(28)26(25-21)17-5-8-22(27)24-16-15-18-6-3-2-4-7-18/h2-4,6-7,9-14H,5,8,15-17H2,1H3,(H,24,27). The fourth-order valence-electron chi connectivity index (χ4n) is 2.99. The lowest BCUT2D eigenvalue weighted by Gasteiger charge is -2.08. The molecule has 0 unspecified atom stereocenters. The van der Waals surface area contributed by atoms with Crippen molar-refractivity contribution in [3.63, 3.8) is 0 Å². The lowest BCUT2D eigenvalue weighted by Crippen LogP contribution is -2.27. The fraction of sp³-hybridized carbons (Fsp3) is 0.261. The molecule has 1 aromatic heterocycles. The number of carbonyl (C=O) groups is 1.